The smallest absolute Gasteiger partial charge is 0.204 e. The minimum absolute atomic E-state index is 0.0913. The summed E-state index contributed by atoms with van der Waals surface area (Å²) < 4.78 is 10.3. The molecule has 1 heterocycles. The van der Waals surface area contributed by atoms with Crippen LogP contribution in [0.1, 0.15) is 26.2 Å². The number of rotatable bonds is 5. The summed E-state index contributed by atoms with van der Waals surface area (Å²) in [4.78, 5) is 11.4. The summed E-state index contributed by atoms with van der Waals surface area (Å²) in [6.45, 7) is 2.46. The van der Waals surface area contributed by atoms with Crippen molar-refractivity contribution in [1.82, 2.24) is 0 Å². The van der Waals surface area contributed by atoms with Crippen molar-refractivity contribution in [1.29, 1.82) is 0 Å². The molecule has 0 aliphatic carbocycles. The number of unbranched alkanes of at least 4 members (excludes halogenated alkanes) is 1. The van der Waals surface area contributed by atoms with Gasteiger partial charge in [0.15, 0.2) is 5.76 Å². The topological polar surface area (TPSA) is 55.8 Å². The van der Waals surface area contributed by atoms with Crippen LogP contribution in [0.25, 0.3) is 0 Å². The van der Waals surface area contributed by atoms with Crippen LogP contribution in [0.2, 0.25) is 0 Å². The number of ether oxygens (including phenoxy) is 2. The summed E-state index contributed by atoms with van der Waals surface area (Å²) in [7, 11) is 0. The van der Waals surface area contributed by atoms with Gasteiger partial charge in [-0.25, -0.2) is 0 Å². The molecule has 0 spiro atoms. The summed E-state index contributed by atoms with van der Waals surface area (Å²) in [6.07, 6.45) is 3.06. The van der Waals surface area contributed by atoms with E-state index in [9.17, 15) is 4.79 Å². The van der Waals surface area contributed by atoms with E-state index in [2.05, 4.69) is 6.92 Å². The van der Waals surface area contributed by atoms with Crippen molar-refractivity contribution >= 4 is 5.78 Å². The third-order valence-corrected chi connectivity index (χ3v) is 2.01. The van der Waals surface area contributed by atoms with Crippen molar-refractivity contribution in [3.8, 4) is 0 Å². The van der Waals surface area contributed by atoms with Crippen molar-refractivity contribution in [3.63, 3.8) is 0 Å². The SMILES string of the molecule is CCCCOC1=COC(CO)CC1=O. The molecule has 0 aromatic heterocycles. The fourth-order valence-electron chi connectivity index (χ4n) is 1.13. The van der Waals surface area contributed by atoms with Crippen LogP contribution in [0.3, 0.4) is 0 Å². The molecule has 0 aromatic rings. The lowest BCUT2D eigenvalue weighted by molar-refractivity contribution is -0.124. The predicted octanol–water partition coefficient (Wildman–Crippen LogP) is 0.995. The van der Waals surface area contributed by atoms with Crippen molar-refractivity contribution in [2.45, 2.75) is 32.3 Å². The van der Waals surface area contributed by atoms with E-state index in [1.807, 2.05) is 0 Å². The molecule has 1 unspecified atom stereocenters. The molecule has 4 heteroatoms. The fourth-order valence-corrected chi connectivity index (χ4v) is 1.13. The van der Waals surface area contributed by atoms with Crippen LogP contribution < -0.4 is 0 Å². The van der Waals surface area contributed by atoms with Gasteiger partial charge in [-0.15, -0.1) is 0 Å². The summed E-state index contributed by atoms with van der Waals surface area (Å²) in [5.41, 5.74) is 0. The Labute approximate surface area is 83.5 Å². The van der Waals surface area contributed by atoms with E-state index < -0.39 is 6.10 Å². The number of hydrogen-bond donors (Lipinski definition) is 1. The summed E-state index contributed by atoms with van der Waals surface area (Å²) in [5, 5.41) is 8.76. The first-order valence-electron chi connectivity index (χ1n) is 4.90. The molecule has 1 atom stereocenters. The van der Waals surface area contributed by atoms with E-state index in [-0.39, 0.29) is 24.6 Å². The highest BCUT2D eigenvalue weighted by Crippen LogP contribution is 2.15. The molecular formula is C10H16O4. The van der Waals surface area contributed by atoms with Gasteiger partial charge in [0.05, 0.1) is 19.6 Å². The van der Waals surface area contributed by atoms with Gasteiger partial charge in [0, 0.05) is 0 Å². The molecule has 1 aliphatic rings. The van der Waals surface area contributed by atoms with E-state index in [0.29, 0.717) is 6.61 Å². The van der Waals surface area contributed by atoms with Crippen LogP contribution in [0.15, 0.2) is 12.0 Å². The molecule has 1 N–H and O–H groups in total. The number of carbonyl (C=O) groups is 1. The van der Waals surface area contributed by atoms with Crippen molar-refractivity contribution < 1.29 is 19.4 Å². The Kier molecular flexibility index (Phi) is 4.46. The molecular weight excluding hydrogens is 184 g/mol. The number of carbonyl (C=O) groups excluding carboxylic acids is 1. The number of hydrogen-bond acceptors (Lipinski definition) is 4. The molecule has 0 aromatic carbocycles. The first-order valence-corrected chi connectivity index (χ1v) is 4.90. The van der Waals surface area contributed by atoms with E-state index >= 15 is 0 Å². The van der Waals surface area contributed by atoms with Crippen molar-refractivity contribution in [2.75, 3.05) is 13.2 Å². The Morgan fingerprint density at radius 3 is 3.07 bits per heavy atom. The van der Waals surface area contributed by atoms with Crippen molar-refractivity contribution in [2.24, 2.45) is 0 Å². The van der Waals surface area contributed by atoms with E-state index in [1.165, 1.54) is 6.26 Å². The molecule has 0 saturated carbocycles. The monoisotopic (exact) mass is 200 g/mol. The van der Waals surface area contributed by atoms with E-state index in [1.54, 1.807) is 0 Å². The maximum atomic E-state index is 11.4. The normalized spacial score (nSPS) is 21.4. The summed E-state index contributed by atoms with van der Waals surface area (Å²) in [6, 6.07) is 0. The van der Waals surface area contributed by atoms with Gasteiger partial charge in [0.2, 0.25) is 5.78 Å². The van der Waals surface area contributed by atoms with Gasteiger partial charge < -0.3 is 14.6 Å². The lowest BCUT2D eigenvalue weighted by atomic mass is 10.1. The van der Waals surface area contributed by atoms with Gasteiger partial charge in [-0.2, -0.15) is 0 Å². The minimum atomic E-state index is -0.402. The third kappa shape index (κ3) is 3.03. The van der Waals surface area contributed by atoms with Gasteiger partial charge in [-0.05, 0) is 6.42 Å². The zero-order valence-corrected chi connectivity index (χ0v) is 8.36. The second kappa shape index (κ2) is 5.65. The molecule has 4 nitrogen and oxygen atoms in total. The number of aliphatic hydroxyl groups excluding tert-OH is 1. The number of ketones is 1. The average Bonchev–Trinajstić information content (AvgIpc) is 2.20. The molecule has 0 bridgehead atoms. The standard InChI is InChI=1S/C10H16O4/c1-2-3-4-13-10-7-14-8(6-11)5-9(10)12/h7-8,11H,2-6H2,1H3. The molecule has 0 fully saturated rings. The van der Waals surface area contributed by atoms with Gasteiger partial charge in [0.25, 0.3) is 0 Å². The van der Waals surface area contributed by atoms with Gasteiger partial charge in [-0.3, -0.25) is 4.79 Å². The number of aliphatic hydroxyl groups is 1. The van der Waals surface area contributed by atoms with Crippen LogP contribution in [0.4, 0.5) is 0 Å². The Morgan fingerprint density at radius 2 is 2.50 bits per heavy atom. The number of Topliss-reactive ketones (excluding diaryl/α,β-unsaturated/α-hetero) is 1. The van der Waals surface area contributed by atoms with Gasteiger partial charge in [0.1, 0.15) is 12.4 Å². The van der Waals surface area contributed by atoms with Gasteiger partial charge >= 0.3 is 0 Å². The molecule has 1 aliphatic heterocycles. The molecule has 0 amide bonds. The quantitative estimate of drug-likeness (QED) is 0.672. The minimum Gasteiger partial charge on any atom is -0.491 e. The molecule has 0 radical (unpaired) electrons. The molecule has 0 saturated heterocycles. The van der Waals surface area contributed by atoms with Crippen molar-refractivity contribution in [3.05, 3.63) is 12.0 Å². The second-order valence-electron chi connectivity index (χ2n) is 3.25. The molecule has 14 heavy (non-hydrogen) atoms. The highest BCUT2D eigenvalue weighted by atomic mass is 16.5. The van der Waals surface area contributed by atoms with Crippen LogP contribution in [-0.2, 0) is 14.3 Å². The summed E-state index contributed by atoms with van der Waals surface area (Å²) >= 11 is 0. The Balaban J connectivity index is 2.38. The summed E-state index contributed by atoms with van der Waals surface area (Å²) in [5.74, 6) is 0.189. The molecule has 1 rings (SSSR count). The van der Waals surface area contributed by atoms with Crippen LogP contribution in [0.5, 0.6) is 0 Å². The van der Waals surface area contributed by atoms with E-state index in [4.69, 9.17) is 14.6 Å². The second-order valence-corrected chi connectivity index (χ2v) is 3.25. The zero-order valence-electron chi connectivity index (χ0n) is 8.36. The first-order chi connectivity index (χ1) is 6.77. The lowest BCUT2D eigenvalue weighted by Crippen LogP contribution is -2.26. The lowest BCUT2D eigenvalue weighted by Gasteiger charge is -2.20. The van der Waals surface area contributed by atoms with Gasteiger partial charge in [-0.1, -0.05) is 13.3 Å². The van der Waals surface area contributed by atoms with Crippen LogP contribution >= 0.6 is 0 Å². The van der Waals surface area contributed by atoms with Crippen LogP contribution in [0, 0.1) is 0 Å². The highest BCUT2D eigenvalue weighted by Gasteiger charge is 2.23. The highest BCUT2D eigenvalue weighted by molar-refractivity contribution is 5.94. The largest absolute Gasteiger partial charge is 0.491 e. The number of allylic oxidation sites excluding steroid dienone is 1. The maximum Gasteiger partial charge on any atom is 0.204 e. The first kappa shape index (κ1) is 11.0. The fraction of sp³-hybridized carbons (Fsp3) is 0.700. The van der Waals surface area contributed by atoms with E-state index in [0.717, 1.165) is 12.8 Å². The average molecular weight is 200 g/mol. The Morgan fingerprint density at radius 1 is 1.71 bits per heavy atom. The zero-order chi connectivity index (χ0) is 10.4. The van der Waals surface area contributed by atoms with Crippen LogP contribution in [-0.4, -0.2) is 30.2 Å². The molecule has 80 valence electrons. The Hall–Kier alpha value is -1.03. The maximum absolute atomic E-state index is 11.4. The Bertz CT molecular complexity index is 222. The predicted molar refractivity (Wildman–Crippen MR) is 50.5 cm³/mol. The third-order valence-electron chi connectivity index (χ3n) is 2.01.